The summed E-state index contributed by atoms with van der Waals surface area (Å²) >= 11 is 0. The zero-order chi connectivity index (χ0) is 19.3. The summed E-state index contributed by atoms with van der Waals surface area (Å²) in [7, 11) is 3.20. The minimum absolute atomic E-state index is 0.181. The largest absolute Gasteiger partial charge is 0.355 e. The third-order valence-electron chi connectivity index (χ3n) is 3.99. The molecule has 0 bridgehead atoms. The van der Waals surface area contributed by atoms with E-state index in [1.54, 1.807) is 56.6 Å². The molecule has 0 saturated heterocycles. The van der Waals surface area contributed by atoms with Crippen LogP contribution in [-0.2, 0) is 4.79 Å². The fourth-order valence-electron chi connectivity index (χ4n) is 2.38. The molecule has 6 heteroatoms. The first-order valence-electron chi connectivity index (χ1n) is 8.01. The van der Waals surface area contributed by atoms with Crippen molar-refractivity contribution < 1.29 is 14.4 Å². The minimum atomic E-state index is -0.273. The van der Waals surface area contributed by atoms with Gasteiger partial charge in [0.05, 0.1) is 0 Å². The van der Waals surface area contributed by atoms with Crippen molar-refractivity contribution in [2.24, 2.45) is 0 Å². The molecule has 0 atom stereocenters. The SMILES string of the molecule is C=CC(=O)N(C)c1ccc(C(=O)Nc2ccc(C(=O)NC)cc2C)cc1. The van der Waals surface area contributed by atoms with E-state index in [9.17, 15) is 14.4 Å². The second-order valence-electron chi connectivity index (χ2n) is 5.71. The van der Waals surface area contributed by atoms with Crippen LogP contribution in [0.15, 0.2) is 55.1 Å². The van der Waals surface area contributed by atoms with E-state index in [0.29, 0.717) is 22.5 Å². The van der Waals surface area contributed by atoms with E-state index in [-0.39, 0.29) is 17.7 Å². The first-order chi connectivity index (χ1) is 12.4. The molecule has 3 amide bonds. The van der Waals surface area contributed by atoms with Gasteiger partial charge in [0.25, 0.3) is 11.8 Å². The lowest BCUT2D eigenvalue weighted by Crippen LogP contribution is -2.23. The highest BCUT2D eigenvalue weighted by molar-refractivity contribution is 6.06. The molecule has 2 aromatic rings. The van der Waals surface area contributed by atoms with Crippen LogP contribution >= 0.6 is 0 Å². The van der Waals surface area contributed by atoms with E-state index >= 15 is 0 Å². The van der Waals surface area contributed by atoms with E-state index in [1.165, 1.54) is 11.0 Å². The zero-order valence-corrected chi connectivity index (χ0v) is 15.0. The predicted molar refractivity (Wildman–Crippen MR) is 103 cm³/mol. The van der Waals surface area contributed by atoms with Crippen molar-refractivity contribution in [1.82, 2.24) is 5.32 Å². The predicted octanol–water partition coefficient (Wildman–Crippen LogP) is 2.76. The summed E-state index contributed by atoms with van der Waals surface area (Å²) in [6.45, 7) is 5.27. The van der Waals surface area contributed by atoms with Crippen LogP contribution in [-0.4, -0.2) is 31.8 Å². The molecule has 26 heavy (non-hydrogen) atoms. The summed E-state index contributed by atoms with van der Waals surface area (Å²) in [6, 6.07) is 11.7. The first-order valence-corrected chi connectivity index (χ1v) is 8.01. The van der Waals surface area contributed by atoms with Gasteiger partial charge in [-0.2, -0.15) is 0 Å². The number of hydrogen-bond donors (Lipinski definition) is 2. The highest BCUT2D eigenvalue weighted by Gasteiger charge is 2.12. The Balaban J connectivity index is 2.14. The summed E-state index contributed by atoms with van der Waals surface area (Å²) in [6.07, 6.45) is 1.23. The monoisotopic (exact) mass is 351 g/mol. The van der Waals surface area contributed by atoms with Gasteiger partial charge in [-0.05, 0) is 61.0 Å². The number of carbonyl (C=O) groups is 3. The van der Waals surface area contributed by atoms with Crippen molar-refractivity contribution in [3.63, 3.8) is 0 Å². The molecule has 0 aromatic heterocycles. The molecule has 134 valence electrons. The van der Waals surface area contributed by atoms with Crippen molar-refractivity contribution >= 4 is 29.1 Å². The molecule has 0 radical (unpaired) electrons. The average molecular weight is 351 g/mol. The minimum Gasteiger partial charge on any atom is -0.355 e. The summed E-state index contributed by atoms with van der Waals surface area (Å²) in [4.78, 5) is 37.1. The van der Waals surface area contributed by atoms with Crippen LogP contribution in [0, 0.1) is 6.92 Å². The quantitative estimate of drug-likeness (QED) is 0.813. The van der Waals surface area contributed by atoms with Gasteiger partial charge in [-0.3, -0.25) is 14.4 Å². The number of hydrogen-bond acceptors (Lipinski definition) is 3. The highest BCUT2D eigenvalue weighted by Crippen LogP contribution is 2.19. The van der Waals surface area contributed by atoms with E-state index in [4.69, 9.17) is 0 Å². The summed E-state index contributed by atoms with van der Waals surface area (Å²) in [5.74, 6) is -0.682. The molecule has 0 heterocycles. The van der Waals surface area contributed by atoms with Crippen LogP contribution in [0.25, 0.3) is 0 Å². The number of nitrogens with one attached hydrogen (secondary N) is 2. The number of aryl methyl sites for hydroxylation is 1. The molecule has 2 rings (SSSR count). The van der Waals surface area contributed by atoms with Gasteiger partial charge in [0, 0.05) is 36.6 Å². The molecular weight excluding hydrogens is 330 g/mol. The maximum absolute atomic E-state index is 12.4. The van der Waals surface area contributed by atoms with E-state index in [0.717, 1.165) is 5.56 Å². The molecule has 2 N–H and O–H groups in total. The Hall–Kier alpha value is -3.41. The fourth-order valence-corrected chi connectivity index (χ4v) is 2.38. The molecule has 0 spiro atoms. The third-order valence-corrected chi connectivity index (χ3v) is 3.99. The normalized spacial score (nSPS) is 9.96. The molecular formula is C20H21N3O3. The second-order valence-corrected chi connectivity index (χ2v) is 5.71. The Morgan fingerprint density at radius 2 is 1.62 bits per heavy atom. The Kier molecular flexibility index (Phi) is 5.90. The van der Waals surface area contributed by atoms with Crippen LogP contribution in [0.4, 0.5) is 11.4 Å². The molecule has 2 aromatic carbocycles. The number of anilines is 2. The maximum atomic E-state index is 12.4. The Morgan fingerprint density at radius 1 is 1.00 bits per heavy atom. The van der Waals surface area contributed by atoms with Crippen molar-refractivity contribution in [3.05, 3.63) is 71.8 Å². The summed E-state index contributed by atoms with van der Waals surface area (Å²) in [5, 5.41) is 5.39. The standard InChI is InChI=1S/C20H21N3O3/c1-5-18(24)23(4)16-9-6-14(7-10-16)20(26)22-17-11-8-15(12-13(17)2)19(25)21-3/h5-12H,1H2,2-4H3,(H,21,25)(H,22,26). The van der Waals surface area contributed by atoms with Gasteiger partial charge in [-0.25, -0.2) is 0 Å². The smallest absolute Gasteiger partial charge is 0.255 e. The Morgan fingerprint density at radius 3 is 2.15 bits per heavy atom. The van der Waals surface area contributed by atoms with Crippen LogP contribution in [0.1, 0.15) is 26.3 Å². The van der Waals surface area contributed by atoms with E-state index in [1.807, 2.05) is 6.92 Å². The van der Waals surface area contributed by atoms with E-state index in [2.05, 4.69) is 17.2 Å². The van der Waals surface area contributed by atoms with Gasteiger partial charge < -0.3 is 15.5 Å². The van der Waals surface area contributed by atoms with Crippen LogP contribution in [0.3, 0.4) is 0 Å². The number of likely N-dealkylation sites (N-methyl/N-ethyl adjacent to an activating group) is 1. The number of nitrogens with zero attached hydrogens (tertiary/aromatic N) is 1. The van der Waals surface area contributed by atoms with Gasteiger partial charge in [-0.1, -0.05) is 6.58 Å². The van der Waals surface area contributed by atoms with Crippen molar-refractivity contribution in [3.8, 4) is 0 Å². The molecule has 0 saturated carbocycles. The average Bonchev–Trinajstić information content (AvgIpc) is 2.67. The van der Waals surface area contributed by atoms with Crippen molar-refractivity contribution in [1.29, 1.82) is 0 Å². The highest BCUT2D eigenvalue weighted by atomic mass is 16.2. The fraction of sp³-hybridized carbons (Fsp3) is 0.150. The van der Waals surface area contributed by atoms with Crippen molar-refractivity contribution in [2.75, 3.05) is 24.3 Å². The van der Waals surface area contributed by atoms with E-state index < -0.39 is 0 Å². The lowest BCUT2D eigenvalue weighted by atomic mass is 10.1. The lowest BCUT2D eigenvalue weighted by Gasteiger charge is -2.15. The number of rotatable bonds is 5. The van der Waals surface area contributed by atoms with Gasteiger partial charge in [0.15, 0.2) is 0 Å². The topological polar surface area (TPSA) is 78.5 Å². The lowest BCUT2D eigenvalue weighted by molar-refractivity contribution is -0.113. The van der Waals surface area contributed by atoms with Crippen molar-refractivity contribution in [2.45, 2.75) is 6.92 Å². The first kappa shape index (κ1) is 18.9. The second kappa shape index (κ2) is 8.11. The number of amides is 3. The maximum Gasteiger partial charge on any atom is 0.255 e. The van der Waals surface area contributed by atoms with Crippen LogP contribution < -0.4 is 15.5 Å². The molecule has 0 aliphatic carbocycles. The molecule has 0 unspecified atom stereocenters. The van der Waals surface area contributed by atoms with Gasteiger partial charge in [-0.15, -0.1) is 0 Å². The van der Waals surface area contributed by atoms with Gasteiger partial charge >= 0.3 is 0 Å². The van der Waals surface area contributed by atoms with Crippen LogP contribution in [0.5, 0.6) is 0 Å². The number of carbonyl (C=O) groups excluding carboxylic acids is 3. The van der Waals surface area contributed by atoms with Gasteiger partial charge in [0.2, 0.25) is 5.91 Å². The third kappa shape index (κ3) is 4.16. The van der Waals surface area contributed by atoms with Gasteiger partial charge in [0.1, 0.15) is 0 Å². The zero-order valence-electron chi connectivity index (χ0n) is 15.0. The summed E-state index contributed by atoms with van der Waals surface area (Å²) in [5.41, 5.74) is 3.07. The molecule has 0 aliphatic rings. The van der Waals surface area contributed by atoms with Crippen LogP contribution in [0.2, 0.25) is 0 Å². The summed E-state index contributed by atoms with van der Waals surface area (Å²) < 4.78 is 0. The molecule has 0 aliphatic heterocycles. The molecule has 6 nitrogen and oxygen atoms in total. The molecule has 0 fully saturated rings. The Labute approximate surface area is 152 Å². The number of benzene rings is 2. The Bertz CT molecular complexity index is 857.